The molecule has 24 heavy (non-hydrogen) atoms. The van der Waals surface area contributed by atoms with Crippen LogP contribution in [-0.2, 0) is 9.53 Å². The summed E-state index contributed by atoms with van der Waals surface area (Å²) in [7, 11) is 1.54. The molecule has 0 aliphatic rings. The van der Waals surface area contributed by atoms with Crippen molar-refractivity contribution in [2.75, 3.05) is 20.3 Å². The van der Waals surface area contributed by atoms with Gasteiger partial charge in [0.1, 0.15) is 11.5 Å². The monoisotopic (exact) mass is 331 g/mol. The zero-order valence-electron chi connectivity index (χ0n) is 13.4. The van der Waals surface area contributed by atoms with Crippen LogP contribution in [0, 0.1) is 10.1 Å². The third-order valence-electron chi connectivity index (χ3n) is 3.24. The number of benzene rings is 2. The first-order chi connectivity index (χ1) is 11.5. The van der Waals surface area contributed by atoms with Crippen molar-refractivity contribution in [1.82, 2.24) is 0 Å². The number of fused-ring (bicyclic) bond motifs is 1. The third-order valence-corrected chi connectivity index (χ3v) is 3.24. The predicted octanol–water partition coefficient (Wildman–Crippen LogP) is 3.04. The van der Waals surface area contributed by atoms with Crippen molar-refractivity contribution in [2.45, 2.75) is 6.92 Å². The highest BCUT2D eigenvalue weighted by Gasteiger charge is 2.11. The smallest absolute Gasteiger partial charge is 0.344 e. The number of carbonyl (C=O) groups excluding carboxylic acids is 1. The summed E-state index contributed by atoms with van der Waals surface area (Å²) in [6.45, 7) is 1.68. The summed E-state index contributed by atoms with van der Waals surface area (Å²) in [6, 6.07) is 8.86. The molecule has 0 heterocycles. The molecule has 0 aromatic heterocycles. The van der Waals surface area contributed by atoms with Crippen molar-refractivity contribution in [3.63, 3.8) is 0 Å². The Morgan fingerprint density at radius 2 is 2.04 bits per heavy atom. The van der Waals surface area contributed by atoms with Crippen molar-refractivity contribution >= 4 is 22.8 Å². The lowest BCUT2D eigenvalue weighted by Crippen LogP contribution is -2.15. The molecule has 2 aromatic rings. The van der Waals surface area contributed by atoms with Crippen LogP contribution in [-0.4, -0.2) is 31.2 Å². The number of esters is 1. The van der Waals surface area contributed by atoms with Crippen LogP contribution in [0.5, 0.6) is 11.5 Å². The predicted molar refractivity (Wildman–Crippen MR) is 88.7 cm³/mol. The van der Waals surface area contributed by atoms with Gasteiger partial charge in [0.15, 0.2) is 6.61 Å². The molecule has 2 aromatic carbocycles. The van der Waals surface area contributed by atoms with Gasteiger partial charge < -0.3 is 14.2 Å². The maximum absolute atomic E-state index is 11.5. The first kappa shape index (κ1) is 17.3. The number of nitrogens with zero attached hydrogens (tertiary/aromatic N) is 1. The van der Waals surface area contributed by atoms with Gasteiger partial charge in [0.05, 0.1) is 18.6 Å². The Labute approximate surface area is 138 Å². The van der Waals surface area contributed by atoms with Crippen LogP contribution in [0.25, 0.3) is 16.8 Å². The highest BCUT2D eigenvalue weighted by molar-refractivity contribution is 5.94. The molecule has 2 rings (SSSR count). The molecular weight excluding hydrogens is 314 g/mol. The van der Waals surface area contributed by atoms with Crippen LogP contribution in [0.15, 0.2) is 36.5 Å². The third kappa shape index (κ3) is 4.22. The van der Waals surface area contributed by atoms with Gasteiger partial charge in [-0.1, -0.05) is 12.1 Å². The molecule has 0 amide bonds. The van der Waals surface area contributed by atoms with Crippen molar-refractivity contribution in [3.8, 4) is 11.5 Å². The molecule has 0 bridgehead atoms. The summed E-state index contributed by atoms with van der Waals surface area (Å²) in [6.07, 6.45) is 2.16. The lowest BCUT2D eigenvalue weighted by Gasteiger charge is -2.12. The first-order valence-corrected chi connectivity index (χ1v) is 7.26. The zero-order valence-corrected chi connectivity index (χ0v) is 13.4. The van der Waals surface area contributed by atoms with Crippen LogP contribution >= 0.6 is 0 Å². The fourth-order valence-corrected chi connectivity index (χ4v) is 2.20. The highest BCUT2D eigenvalue weighted by Crippen LogP contribution is 2.32. The summed E-state index contributed by atoms with van der Waals surface area (Å²) < 4.78 is 15.5. The Balaban J connectivity index is 2.46. The van der Waals surface area contributed by atoms with E-state index in [0.717, 1.165) is 11.6 Å². The molecule has 7 heteroatoms. The Kier molecular flexibility index (Phi) is 5.73. The molecule has 0 saturated carbocycles. The van der Waals surface area contributed by atoms with Gasteiger partial charge in [-0.25, -0.2) is 4.79 Å². The molecule has 0 aliphatic heterocycles. The topological polar surface area (TPSA) is 87.9 Å². The van der Waals surface area contributed by atoms with Gasteiger partial charge >= 0.3 is 5.97 Å². The Morgan fingerprint density at radius 1 is 1.29 bits per heavy atom. The first-order valence-electron chi connectivity index (χ1n) is 7.26. The fourth-order valence-electron chi connectivity index (χ4n) is 2.20. The summed E-state index contributed by atoms with van der Waals surface area (Å²) in [5, 5.41) is 12.3. The number of methoxy groups -OCH3 is 1. The van der Waals surface area contributed by atoms with E-state index in [4.69, 9.17) is 14.2 Å². The van der Waals surface area contributed by atoms with Crippen LogP contribution < -0.4 is 9.47 Å². The number of nitro groups is 1. The molecule has 0 unspecified atom stereocenters. The minimum Gasteiger partial charge on any atom is -0.497 e. The fraction of sp³-hybridized carbons (Fsp3) is 0.235. The minimum absolute atomic E-state index is 0.255. The summed E-state index contributed by atoms with van der Waals surface area (Å²) >= 11 is 0. The van der Waals surface area contributed by atoms with Gasteiger partial charge in [0.2, 0.25) is 6.20 Å². The van der Waals surface area contributed by atoms with Crippen molar-refractivity contribution in [2.24, 2.45) is 0 Å². The van der Waals surface area contributed by atoms with E-state index >= 15 is 0 Å². The second-order valence-corrected chi connectivity index (χ2v) is 4.76. The average molecular weight is 331 g/mol. The van der Waals surface area contributed by atoms with Crippen LogP contribution in [0.4, 0.5) is 0 Å². The maximum Gasteiger partial charge on any atom is 0.344 e. The number of carbonyl (C=O) groups is 1. The van der Waals surface area contributed by atoms with Gasteiger partial charge in [-0.05, 0) is 35.9 Å². The molecule has 126 valence electrons. The van der Waals surface area contributed by atoms with Gasteiger partial charge in [-0.2, -0.15) is 0 Å². The standard InChI is InChI=1S/C17H17NO6/c1-3-23-17(19)11-24-16-7-5-12-4-6-13(22-2)10-15(12)14(16)8-9-18(20)21/h4-10H,3,11H2,1-2H3/b9-8-. The van der Waals surface area contributed by atoms with E-state index in [0.29, 0.717) is 22.4 Å². The van der Waals surface area contributed by atoms with E-state index in [9.17, 15) is 14.9 Å². The van der Waals surface area contributed by atoms with Crippen LogP contribution in [0.1, 0.15) is 12.5 Å². The molecule has 0 fully saturated rings. The normalized spacial score (nSPS) is 10.8. The number of ether oxygens (including phenoxy) is 3. The Hall–Kier alpha value is -3.09. The zero-order chi connectivity index (χ0) is 17.5. The van der Waals surface area contributed by atoms with Gasteiger partial charge in [-0.3, -0.25) is 10.1 Å². The van der Waals surface area contributed by atoms with E-state index < -0.39 is 10.9 Å². The largest absolute Gasteiger partial charge is 0.497 e. The summed E-state index contributed by atoms with van der Waals surface area (Å²) in [4.78, 5) is 21.6. The van der Waals surface area contributed by atoms with E-state index in [1.807, 2.05) is 6.07 Å². The van der Waals surface area contributed by atoms with Gasteiger partial charge in [0.25, 0.3) is 0 Å². The maximum atomic E-state index is 11.5. The van der Waals surface area contributed by atoms with E-state index in [1.54, 1.807) is 31.2 Å². The highest BCUT2D eigenvalue weighted by atomic mass is 16.6. The molecule has 0 spiro atoms. The van der Waals surface area contributed by atoms with Crippen molar-refractivity contribution in [1.29, 1.82) is 0 Å². The van der Waals surface area contributed by atoms with E-state index in [2.05, 4.69) is 0 Å². The molecule has 0 atom stereocenters. The lowest BCUT2D eigenvalue weighted by molar-refractivity contribution is -0.400. The Bertz CT molecular complexity index is 784. The number of hydrogen-bond donors (Lipinski definition) is 0. The molecule has 7 nitrogen and oxygen atoms in total. The lowest BCUT2D eigenvalue weighted by atomic mass is 10.0. The average Bonchev–Trinajstić information content (AvgIpc) is 2.57. The second kappa shape index (κ2) is 7.96. The van der Waals surface area contributed by atoms with Crippen LogP contribution in [0.2, 0.25) is 0 Å². The van der Waals surface area contributed by atoms with Crippen molar-refractivity contribution in [3.05, 3.63) is 52.2 Å². The van der Waals surface area contributed by atoms with Gasteiger partial charge in [-0.15, -0.1) is 0 Å². The van der Waals surface area contributed by atoms with Gasteiger partial charge in [0, 0.05) is 11.6 Å². The number of rotatable bonds is 7. The second-order valence-electron chi connectivity index (χ2n) is 4.76. The summed E-state index contributed by atoms with van der Waals surface area (Å²) in [5.74, 6) is 0.454. The number of hydrogen-bond acceptors (Lipinski definition) is 6. The molecule has 0 N–H and O–H groups in total. The summed E-state index contributed by atoms with van der Waals surface area (Å²) in [5.41, 5.74) is 0.493. The van der Waals surface area contributed by atoms with E-state index in [-0.39, 0.29) is 13.2 Å². The molecule has 0 aliphatic carbocycles. The molecule has 0 radical (unpaired) electrons. The van der Waals surface area contributed by atoms with Crippen molar-refractivity contribution < 1.29 is 23.9 Å². The molecular formula is C17H17NO6. The van der Waals surface area contributed by atoms with Crippen LogP contribution in [0.3, 0.4) is 0 Å². The SMILES string of the molecule is CCOC(=O)COc1ccc2ccc(OC)cc2c1/C=C\[N+](=O)[O-]. The Morgan fingerprint density at radius 3 is 2.71 bits per heavy atom. The van der Waals surface area contributed by atoms with E-state index in [1.165, 1.54) is 13.2 Å². The molecule has 0 saturated heterocycles. The minimum atomic E-state index is -0.561. The quantitative estimate of drug-likeness (QED) is 0.440.